The minimum Gasteiger partial charge on any atom is -0.497 e. The summed E-state index contributed by atoms with van der Waals surface area (Å²) >= 11 is 0. The highest BCUT2D eigenvalue weighted by Gasteiger charge is 2.13. The van der Waals surface area contributed by atoms with Crippen molar-refractivity contribution in [1.82, 2.24) is 5.32 Å². The highest BCUT2D eigenvalue weighted by molar-refractivity contribution is 7.92. The Morgan fingerprint density at radius 1 is 1.12 bits per heavy atom. The van der Waals surface area contributed by atoms with Crippen LogP contribution in [0.5, 0.6) is 5.75 Å². The molecule has 140 valence electrons. The second-order valence-electron chi connectivity index (χ2n) is 6.06. The minimum atomic E-state index is -3.39. The Balaban J connectivity index is 1.90. The summed E-state index contributed by atoms with van der Waals surface area (Å²) in [5.41, 5.74) is 2.66. The van der Waals surface area contributed by atoms with E-state index in [4.69, 9.17) is 4.74 Å². The number of carbonyl (C=O) groups excluding carboxylic acids is 1. The standard InChI is InChI=1S/C19H24N2O4S/c1-14-17(7-4-8-18(14)21-26(3,23)24)19(22)20-13-5-6-15-9-11-16(25-2)12-10-15/h4,7-12,21H,5-6,13H2,1-3H3,(H,20,22). The van der Waals surface area contributed by atoms with Crippen LogP contribution >= 0.6 is 0 Å². The monoisotopic (exact) mass is 376 g/mol. The Bertz CT molecular complexity index is 862. The van der Waals surface area contributed by atoms with Crippen LogP contribution < -0.4 is 14.8 Å². The van der Waals surface area contributed by atoms with E-state index in [0.29, 0.717) is 23.4 Å². The molecule has 0 bridgehead atoms. The summed E-state index contributed by atoms with van der Waals surface area (Å²) < 4.78 is 30.4. The van der Waals surface area contributed by atoms with Crippen LogP contribution in [-0.4, -0.2) is 34.2 Å². The Labute approximate surface area is 154 Å². The highest BCUT2D eigenvalue weighted by atomic mass is 32.2. The molecular formula is C19H24N2O4S. The first kappa shape index (κ1) is 19.8. The molecule has 0 spiro atoms. The second-order valence-corrected chi connectivity index (χ2v) is 7.81. The number of benzene rings is 2. The fourth-order valence-electron chi connectivity index (χ4n) is 2.57. The van der Waals surface area contributed by atoms with Gasteiger partial charge in [-0.3, -0.25) is 9.52 Å². The molecule has 0 saturated carbocycles. The average molecular weight is 376 g/mol. The molecule has 0 aliphatic carbocycles. The molecule has 2 rings (SSSR count). The van der Waals surface area contributed by atoms with Gasteiger partial charge in [0.25, 0.3) is 5.91 Å². The molecule has 0 unspecified atom stereocenters. The molecule has 0 heterocycles. The molecule has 0 aliphatic heterocycles. The van der Waals surface area contributed by atoms with Gasteiger partial charge in [-0.2, -0.15) is 0 Å². The van der Waals surface area contributed by atoms with Crippen LogP contribution in [0, 0.1) is 6.92 Å². The summed E-state index contributed by atoms with van der Waals surface area (Å²) in [4.78, 5) is 12.4. The number of sulfonamides is 1. The maximum atomic E-state index is 12.4. The first-order chi connectivity index (χ1) is 12.3. The molecule has 26 heavy (non-hydrogen) atoms. The number of anilines is 1. The first-order valence-corrected chi connectivity index (χ1v) is 10.2. The molecule has 2 aromatic rings. The van der Waals surface area contributed by atoms with Crippen molar-refractivity contribution in [2.75, 3.05) is 24.6 Å². The van der Waals surface area contributed by atoms with Crippen molar-refractivity contribution in [1.29, 1.82) is 0 Å². The van der Waals surface area contributed by atoms with Crippen LogP contribution in [-0.2, 0) is 16.4 Å². The maximum absolute atomic E-state index is 12.4. The van der Waals surface area contributed by atoms with E-state index in [-0.39, 0.29) is 5.91 Å². The van der Waals surface area contributed by atoms with Gasteiger partial charge in [-0.15, -0.1) is 0 Å². The molecule has 0 fully saturated rings. The number of ether oxygens (including phenoxy) is 1. The molecular weight excluding hydrogens is 352 g/mol. The van der Waals surface area contributed by atoms with Crippen molar-refractivity contribution in [3.63, 3.8) is 0 Å². The Morgan fingerprint density at radius 3 is 2.42 bits per heavy atom. The van der Waals surface area contributed by atoms with Gasteiger partial charge in [-0.1, -0.05) is 18.2 Å². The Hall–Kier alpha value is -2.54. The molecule has 2 N–H and O–H groups in total. The lowest BCUT2D eigenvalue weighted by Gasteiger charge is -2.12. The lowest BCUT2D eigenvalue weighted by molar-refractivity contribution is 0.0952. The second kappa shape index (κ2) is 8.71. The summed E-state index contributed by atoms with van der Waals surface area (Å²) in [6, 6.07) is 12.8. The zero-order valence-corrected chi connectivity index (χ0v) is 16.0. The maximum Gasteiger partial charge on any atom is 0.251 e. The summed E-state index contributed by atoms with van der Waals surface area (Å²) in [6.07, 6.45) is 2.73. The van der Waals surface area contributed by atoms with Gasteiger partial charge in [0.2, 0.25) is 10.0 Å². The van der Waals surface area contributed by atoms with Crippen LogP contribution in [0.1, 0.15) is 27.9 Å². The molecule has 0 atom stereocenters. The predicted molar refractivity (Wildman–Crippen MR) is 103 cm³/mol. The summed E-state index contributed by atoms with van der Waals surface area (Å²) in [6.45, 7) is 2.26. The summed E-state index contributed by atoms with van der Waals surface area (Å²) in [5.74, 6) is 0.606. The molecule has 0 aliphatic rings. The van der Waals surface area contributed by atoms with Gasteiger partial charge in [-0.05, 0) is 55.2 Å². The lowest BCUT2D eigenvalue weighted by Crippen LogP contribution is -2.26. The van der Waals surface area contributed by atoms with E-state index in [1.807, 2.05) is 24.3 Å². The molecule has 0 radical (unpaired) electrons. The van der Waals surface area contributed by atoms with Crippen LogP contribution in [0.3, 0.4) is 0 Å². The van der Waals surface area contributed by atoms with Gasteiger partial charge in [0, 0.05) is 12.1 Å². The Morgan fingerprint density at radius 2 is 1.81 bits per heavy atom. The third kappa shape index (κ3) is 5.77. The van der Waals surface area contributed by atoms with E-state index in [9.17, 15) is 13.2 Å². The zero-order valence-electron chi connectivity index (χ0n) is 15.2. The number of methoxy groups -OCH3 is 1. The SMILES string of the molecule is COc1ccc(CCCNC(=O)c2cccc(NS(C)(=O)=O)c2C)cc1. The van der Waals surface area contributed by atoms with Crippen molar-refractivity contribution in [3.8, 4) is 5.75 Å². The van der Waals surface area contributed by atoms with E-state index >= 15 is 0 Å². The fourth-order valence-corrected chi connectivity index (χ4v) is 3.19. The van der Waals surface area contributed by atoms with E-state index in [1.165, 1.54) is 5.56 Å². The quantitative estimate of drug-likeness (QED) is 0.694. The third-order valence-electron chi connectivity index (χ3n) is 3.96. The van der Waals surface area contributed by atoms with Gasteiger partial charge in [0.1, 0.15) is 5.75 Å². The van der Waals surface area contributed by atoms with Crippen molar-refractivity contribution in [2.24, 2.45) is 0 Å². The number of nitrogens with one attached hydrogen (secondary N) is 2. The number of hydrogen-bond acceptors (Lipinski definition) is 4. The van der Waals surface area contributed by atoms with Crippen molar-refractivity contribution in [2.45, 2.75) is 19.8 Å². The fraction of sp³-hybridized carbons (Fsp3) is 0.316. The van der Waals surface area contributed by atoms with Crippen LogP contribution in [0.4, 0.5) is 5.69 Å². The van der Waals surface area contributed by atoms with E-state index in [1.54, 1.807) is 32.2 Å². The molecule has 7 heteroatoms. The van der Waals surface area contributed by atoms with Gasteiger partial charge in [0.05, 0.1) is 19.1 Å². The lowest BCUT2D eigenvalue weighted by atomic mass is 10.1. The van der Waals surface area contributed by atoms with E-state index in [0.717, 1.165) is 24.8 Å². The van der Waals surface area contributed by atoms with Crippen molar-refractivity contribution < 1.29 is 17.9 Å². The minimum absolute atomic E-state index is 0.214. The molecule has 1 amide bonds. The zero-order chi connectivity index (χ0) is 19.2. The van der Waals surface area contributed by atoms with Crippen molar-refractivity contribution in [3.05, 3.63) is 59.2 Å². The molecule has 2 aromatic carbocycles. The number of carbonyl (C=O) groups is 1. The number of amides is 1. The summed E-state index contributed by atoms with van der Waals surface area (Å²) in [7, 11) is -1.76. The first-order valence-electron chi connectivity index (χ1n) is 8.28. The molecule has 6 nitrogen and oxygen atoms in total. The third-order valence-corrected chi connectivity index (χ3v) is 4.55. The van der Waals surface area contributed by atoms with Crippen molar-refractivity contribution >= 4 is 21.6 Å². The largest absolute Gasteiger partial charge is 0.497 e. The molecule has 0 aromatic heterocycles. The smallest absolute Gasteiger partial charge is 0.251 e. The van der Waals surface area contributed by atoms with Crippen LogP contribution in [0.2, 0.25) is 0 Å². The van der Waals surface area contributed by atoms with E-state index < -0.39 is 10.0 Å². The molecule has 0 saturated heterocycles. The topological polar surface area (TPSA) is 84.5 Å². The number of aryl methyl sites for hydroxylation is 1. The van der Waals surface area contributed by atoms with Gasteiger partial charge >= 0.3 is 0 Å². The summed E-state index contributed by atoms with van der Waals surface area (Å²) in [5, 5.41) is 2.88. The predicted octanol–water partition coefficient (Wildman–Crippen LogP) is 2.74. The van der Waals surface area contributed by atoms with Gasteiger partial charge < -0.3 is 10.1 Å². The Kier molecular flexibility index (Phi) is 6.63. The average Bonchev–Trinajstić information content (AvgIpc) is 2.59. The van der Waals surface area contributed by atoms with Crippen LogP contribution in [0.25, 0.3) is 0 Å². The van der Waals surface area contributed by atoms with Gasteiger partial charge in [-0.25, -0.2) is 8.42 Å². The number of hydrogen-bond donors (Lipinski definition) is 2. The normalized spacial score (nSPS) is 11.0. The number of rotatable bonds is 8. The van der Waals surface area contributed by atoms with E-state index in [2.05, 4.69) is 10.0 Å². The van der Waals surface area contributed by atoms with Gasteiger partial charge in [0.15, 0.2) is 0 Å². The highest BCUT2D eigenvalue weighted by Crippen LogP contribution is 2.20. The van der Waals surface area contributed by atoms with Crippen LogP contribution in [0.15, 0.2) is 42.5 Å².